The maximum absolute atomic E-state index is 12.0. The van der Waals surface area contributed by atoms with Crippen LogP contribution in [-0.2, 0) is 14.3 Å². The third kappa shape index (κ3) is 13.5. The lowest BCUT2D eigenvalue weighted by Gasteiger charge is -2.36. The predicted molar refractivity (Wildman–Crippen MR) is 123 cm³/mol. The summed E-state index contributed by atoms with van der Waals surface area (Å²) in [5, 5.41) is 29.1. The van der Waals surface area contributed by atoms with Crippen LogP contribution < -0.4 is 0 Å². The molecule has 1 rings (SSSR count). The van der Waals surface area contributed by atoms with Crippen molar-refractivity contribution in [3.8, 4) is 0 Å². The van der Waals surface area contributed by atoms with E-state index in [1.165, 1.54) is 83.5 Å². The second-order valence-electron chi connectivity index (χ2n) is 9.12. The molecule has 0 aliphatic carbocycles. The Labute approximate surface area is 189 Å². The largest absolute Gasteiger partial charge is 0.457 e. The lowest BCUT2D eigenvalue weighted by Crippen LogP contribution is -2.55. The quantitative estimate of drug-likeness (QED) is 0.198. The van der Waals surface area contributed by atoms with Gasteiger partial charge in [-0.15, -0.1) is 0 Å². The third-order valence-electron chi connectivity index (χ3n) is 6.26. The molecule has 0 aromatic carbocycles. The molecule has 31 heavy (non-hydrogen) atoms. The fourth-order valence-electron chi connectivity index (χ4n) is 4.19. The van der Waals surface area contributed by atoms with E-state index in [0.29, 0.717) is 6.42 Å². The monoisotopic (exact) mass is 444 g/mol. The van der Waals surface area contributed by atoms with Crippen LogP contribution in [0.1, 0.15) is 116 Å². The van der Waals surface area contributed by atoms with Crippen LogP contribution in [0.5, 0.6) is 0 Å². The molecular formula is C25H48O6. The van der Waals surface area contributed by atoms with Crippen LogP contribution in [0.4, 0.5) is 0 Å². The van der Waals surface area contributed by atoms with Crippen molar-refractivity contribution < 1.29 is 29.6 Å². The predicted octanol–water partition coefficient (Wildman–Crippen LogP) is 4.66. The third-order valence-corrected chi connectivity index (χ3v) is 6.26. The lowest BCUT2D eigenvalue weighted by molar-refractivity contribution is -0.213. The SMILES string of the molecule is CCCCCCCCCCCCCCCCCCC(=O)O[C@H]1[C@H](O)[C@@H](CO)OC[C@H]1O. The van der Waals surface area contributed by atoms with Crippen molar-refractivity contribution in [1.29, 1.82) is 0 Å². The Morgan fingerprint density at radius 1 is 0.806 bits per heavy atom. The molecule has 0 spiro atoms. The van der Waals surface area contributed by atoms with E-state index >= 15 is 0 Å². The van der Waals surface area contributed by atoms with E-state index in [4.69, 9.17) is 14.6 Å². The van der Waals surface area contributed by atoms with Crippen LogP contribution in [0.2, 0.25) is 0 Å². The number of carbonyl (C=O) groups is 1. The van der Waals surface area contributed by atoms with Gasteiger partial charge in [0.2, 0.25) is 0 Å². The molecule has 1 fully saturated rings. The summed E-state index contributed by atoms with van der Waals surface area (Å²) in [5.41, 5.74) is 0. The van der Waals surface area contributed by atoms with E-state index in [9.17, 15) is 15.0 Å². The summed E-state index contributed by atoms with van der Waals surface area (Å²) in [6.45, 7) is 1.83. The summed E-state index contributed by atoms with van der Waals surface area (Å²) in [4.78, 5) is 12.0. The zero-order valence-corrected chi connectivity index (χ0v) is 19.8. The Morgan fingerprint density at radius 2 is 1.26 bits per heavy atom. The van der Waals surface area contributed by atoms with Crippen molar-refractivity contribution in [1.82, 2.24) is 0 Å². The number of unbranched alkanes of at least 4 members (excludes halogenated alkanes) is 15. The Kier molecular flexibility index (Phi) is 17.2. The zero-order chi connectivity index (χ0) is 22.7. The molecule has 3 N–H and O–H groups in total. The van der Waals surface area contributed by atoms with Gasteiger partial charge in [-0.3, -0.25) is 4.79 Å². The summed E-state index contributed by atoms with van der Waals surface area (Å²) >= 11 is 0. The van der Waals surface area contributed by atoms with Gasteiger partial charge >= 0.3 is 5.97 Å². The first-order chi connectivity index (χ1) is 15.1. The first-order valence-corrected chi connectivity index (χ1v) is 12.9. The van der Waals surface area contributed by atoms with E-state index in [2.05, 4.69) is 6.92 Å². The fourth-order valence-corrected chi connectivity index (χ4v) is 4.19. The molecular weight excluding hydrogens is 396 g/mol. The Morgan fingerprint density at radius 3 is 1.71 bits per heavy atom. The minimum absolute atomic E-state index is 0.0563. The molecule has 6 heteroatoms. The van der Waals surface area contributed by atoms with Crippen LogP contribution in [0.25, 0.3) is 0 Å². The van der Waals surface area contributed by atoms with Gasteiger partial charge in [-0.1, -0.05) is 103 Å². The van der Waals surface area contributed by atoms with Gasteiger partial charge in [-0.25, -0.2) is 0 Å². The van der Waals surface area contributed by atoms with Crippen molar-refractivity contribution >= 4 is 5.97 Å². The molecule has 4 atom stereocenters. The van der Waals surface area contributed by atoms with Crippen molar-refractivity contribution in [2.75, 3.05) is 13.2 Å². The van der Waals surface area contributed by atoms with Gasteiger partial charge in [0.25, 0.3) is 0 Å². The smallest absolute Gasteiger partial charge is 0.306 e. The van der Waals surface area contributed by atoms with Crippen molar-refractivity contribution in [3.05, 3.63) is 0 Å². The van der Waals surface area contributed by atoms with Gasteiger partial charge in [-0.05, 0) is 6.42 Å². The molecule has 0 unspecified atom stereocenters. The molecule has 1 aliphatic rings. The normalized spacial score (nSPS) is 23.7. The Balaban J connectivity index is 1.89. The van der Waals surface area contributed by atoms with Crippen molar-refractivity contribution in [2.24, 2.45) is 0 Å². The molecule has 184 valence electrons. The number of aliphatic hydroxyl groups is 3. The molecule has 1 aliphatic heterocycles. The molecule has 0 amide bonds. The minimum atomic E-state index is -1.21. The molecule has 0 radical (unpaired) electrons. The van der Waals surface area contributed by atoms with E-state index in [1.54, 1.807) is 0 Å². The van der Waals surface area contributed by atoms with E-state index in [0.717, 1.165) is 19.3 Å². The highest BCUT2D eigenvalue weighted by molar-refractivity contribution is 5.69. The molecule has 6 nitrogen and oxygen atoms in total. The molecule has 0 saturated carbocycles. The minimum Gasteiger partial charge on any atom is -0.457 e. The van der Waals surface area contributed by atoms with E-state index in [1.807, 2.05) is 0 Å². The maximum atomic E-state index is 12.0. The average Bonchev–Trinajstić information content (AvgIpc) is 2.76. The summed E-state index contributed by atoms with van der Waals surface area (Å²) in [7, 11) is 0. The van der Waals surface area contributed by atoms with Gasteiger partial charge in [0.05, 0.1) is 13.2 Å². The highest BCUT2D eigenvalue weighted by atomic mass is 16.6. The Hall–Kier alpha value is -0.690. The number of carbonyl (C=O) groups excluding carboxylic acids is 1. The fraction of sp³-hybridized carbons (Fsp3) is 0.960. The van der Waals surface area contributed by atoms with Gasteiger partial charge in [-0.2, -0.15) is 0 Å². The number of aliphatic hydroxyl groups excluding tert-OH is 3. The first-order valence-electron chi connectivity index (χ1n) is 12.9. The van der Waals surface area contributed by atoms with Gasteiger partial charge in [0.1, 0.15) is 18.3 Å². The second-order valence-corrected chi connectivity index (χ2v) is 9.12. The summed E-state index contributed by atoms with van der Waals surface area (Å²) in [6, 6.07) is 0. The first kappa shape index (κ1) is 28.3. The Bertz CT molecular complexity index is 430. The zero-order valence-electron chi connectivity index (χ0n) is 19.8. The number of ether oxygens (including phenoxy) is 2. The maximum Gasteiger partial charge on any atom is 0.306 e. The summed E-state index contributed by atoms with van der Waals surface area (Å²) in [5.74, 6) is -0.410. The highest BCUT2D eigenvalue weighted by Crippen LogP contribution is 2.20. The lowest BCUT2D eigenvalue weighted by atomic mass is 10.0. The van der Waals surface area contributed by atoms with Crippen LogP contribution in [0.15, 0.2) is 0 Å². The molecule has 0 aromatic heterocycles. The van der Waals surface area contributed by atoms with Crippen LogP contribution in [0, 0.1) is 0 Å². The van der Waals surface area contributed by atoms with Gasteiger partial charge in [0.15, 0.2) is 6.10 Å². The van der Waals surface area contributed by atoms with Crippen LogP contribution in [0.3, 0.4) is 0 Å². The molecule has 1 saturated heterocycles. The highest BCUT2D eigenvalue weighted by Gasteiger charge is 2.40. The van der Waals surface area contributed by atoms with E-state index < -0.39 is 30.4 Å². The number of rotatable bonds is 19. The van der Waals surface area contributed by atoms with Crippen LogP contribution >= 0.6 is 0 Å². The van der Waals surface area contributed by atoms with E-state index in [-0.39, 0.29) is 13.2 Å². The average molecular weight is 445 g/mol. The molecule has 0 aromatic rings. The second kappa shape index (κ2) is 18.8. The van der Waals surface area contributed by atoms with Gasteiger partial charge in [0, 0.05) is 6.42 Å². The molecule has 1 heterocycles. The van der Waals surface area contributed by atoms with Crippen LogP contribution in [-0.4, -0.2) is 58.9 Å². The summed E-state index contributed by atoms with van der Waals surface area (Å²) in [6.07, 6.45) is 16.7. The number of hydrogen-bond donors (Lipinski definition) is 3. The summed E-state index contributed by atoms with van der Waals surface area (Å²) < 4.78 is 10.4. The number of hydrogen-bond acceptors (Lipinski definition) is 6. The number of esters is 1. The molecule has 0 bridgehead atoms. The standard InChI is InChI=1S/C25H48O6/c1-2-3-4-5-6-7-8-9-10-11-12-13-14-15-16-17-18-23(28)31-25-21(27)20-30-22(19-26)24(25)29/h21-22,24-27,29H,2-20H2,1H3/t21-,22-,24-,25-/m1/s1. The van der Waals surface area contributed by atoms with Crippen molar-refractivity contribution in [3.63, 3.8) is 0 Å². The van der Waals surface area contributed by atoms with Crippen molar-refractivity contribution in [2.45, 2.75) is 140 Å². The van der Waals surface area contributed by atoms with Gasteiger partial charge < -0.3 is 24.8 Å². The topological polar surface area (TPSA) is 96.2 Å².